The topological polar surface area (TPSA) is 70.8 Å². The molecule has 0 aliphatic carbocycles. The molecule has 0 bridgehead atoms. The second kappa shape index (κ2) is 7.87. The Morgan fingerprint density at radius 2 is 1.92 bits per heavy atom. The second-order valence-electron chi connectivity index (χ2n) is 5.87. The summed E-state index contributed by atoms with van der Waals surface area (Å²) in [5.74, 6) is 2.67. The zero-order valence-electron chi connectivity index (χ0n) is 15.0. The molecule has 134 valence electrons. The highest BCUT2D eigenvalue weighted by molar-refractivity contribution is 5.80. The summed E-state index contributed by atoms with van der Waals surface area (Å²) in [4.78, 5) is 13.3. The lowest BCUT2D eigenvalue weighted by atomic mass is 10.2. The van der Waals surface area contributed by atoms with Gasteiger partial charge in [-0.25, -0.2) is 4.98 Å². The number of nitrogens with one attached hydrogen (secondary N) is 1. The van der Waals surface area contributed by atoms with E-state index in [0.29, 0.717) is 6.54 Å². The van der Waals surface area contributed by atoms with Crippen LogP contribution in [0.4, 0.5) is 5.69 Å². The molecule has 25 heavy (non-hydrogen) atoms. The molecule has 1 fully saturated rings. The van der Waals surface area contributed by atoms with Crippen LogP contribution in [0.5, 0.6) is 5.75 Å². The highest BCUT2D eigenvalue weighted by Crippen LogP contribution is 2.20. The molecule has 0 radical (unpaired) electrons. The summed E-state index contributed by atoms with van der Waals surface area (Å²) in [6, 6.07) is 8.22. The van der Waals surface area contributed by atoms with E-state index in [1.54, 1.807) is 18.1 Å². The monoisotopic (exact) mass is 343 g/mol. The standard InChI is InChI=1S/C17H25N7O/c1-18-17(19-12-16-20-13-21-22(16)2)24-10-8-23(9-11-24)14-4-6-15(25-3)7-5-14/h4-7,13H,8-12H2,1-3H3,(H,18,19). The first-order valence-corrected chi connectivity index (χ1v) is 8.38. The molecular formula is C17H25N7O. The number of aliphatic imine (C=N–C) groups is 1. The minimum absolute atomic E-state index is 0.613. The van der Waals surface area contributed by atoms with Crippen LogP contribution in [0.1, 0.15) is 5.82 Å². The summed E-state index contributed by atoms with van der Waals surface area (Å²) in [5.41, 5.74) is 1.22. The summed E-state index contributed by atoms with van der Waals surface area (Å²) in [5, 5.41) is 7.45. The maximum absolute atomic E-state index is 5.22. The molecule has 3 rings (SSSR count). The van der Waals surface area contributed by atoms with Crippen molar-refractivity contribution in [3.63, 3.8) is 0 Å². The number of nitrogens with zero attached hydrogens (tertiary/aromatic N) is 6. The van der Waals surface area contributed by atoms with Crippen LogP contribution in [0.3, 0.4) is 0 Å². The van der Waals surface area contributed by atoms with Crippen molar-refractivity contribution < 1.29 is 4.74 Å². The van der Waals surface area contributed by atoms with Gasteiger partial charge in [0.15, 0.2) is 5.96 Å². The Kier molecular flexibility index (Phi) is 5.37. The first kappa shape index (κ1) is 17.1. The molecular weight excluding hydrogens is 318 g/mol. The van der Waals surface area contributed by atoms with E-state index in [9.17, 15) is 0 Å². The van der Waals surface area contributed by atoms with Gasteiger partial charge >= 0.3 is 0 Å². The van der Waals surface area contributed by atoms with Crippen molar-refractivity contribution in [2.75, 3.05) is 45.2 Å². The van der Waals surface area contributed by atoms with Crippen molar-refractivity contribution in [3.8, 4) is 5.75 Å². The maximum Gasteiger partial charge on any atom is 0.194 e. The van der Waals surface area contributed by atoms with Crippen LogP contribution in [-0.4, -0.2) is 66.0 Å². The largest absolute Gasteiger partial charge is 0.497 e. The molecule has 0 atom stereocenters. The fourth-order valence-corrected chi connectivity index (χ4v) is 2.94. The Morgan fingerprint density at radius 1 is 1.20 bits per heavy atom. The van der Waals surface area contributed by atoms with Gasteiger partial charge in [-0.15, -0.1) is 0 Å². The van der Waals surface area contributed by atoms with Crippen molar-refractivity contribution in [2.24, 2.45) is 12.0 Å². The molecule has 1 saturated heterocycles. The summed E-state index contributed by atoms with van der Waals surface area (Å²) in [7, 11) is 5.39. The van der Waals surface area contributed by atoms with Gasteiger partial charge < -0.3 is 19.9 Å². The van der Waals surface area contributed by atoms with Crippen LogP contribution in [0.15, 0.2) is 35.6 Å². The molecule has 8 heteroatoms. The molecule has 0 saturated carbocycles. The minimum Gasteiger partial charge on any atom is -0.497 e. The number of methoxy groups -OCH3 is 1. The van der Waals surface area contributed by atoms with Crippen LogP contribution < -0.4 is 15.0 Å². The van der Waals surface area contributed by atoms with Gasteiger partial charge in [0.1, 0.15) is 17.9 Å². The SMILES string of the molecule is CN=C(NCc1ncnn1C)N1CCN(c2ccc(OC)cc2)CC1. The molecule has 1 aromatic heterocycles. The fraction of sp³-hybridized carbons (Fsp3) is 0.471. The molecule has 0 spiro atoms. The molecule has 1 aliphatic rings. The van der Waals surface area contributed by atoms with Gasteiger partial charge in [-0.3, -0.25) is 9.67 Å². The van der Waals surface area contributed by atoms with Crippen LogP contribution in [0.25, 0.3) is 0 Å². The molecule has 1 aliphatic heterocycles. The van der Waals surface area contributed by atoms with Gasteiger partial charge in [0.25, 0.3) is 0 Å². The van der Waals surface area contributed by atoms with E-state index < -0.39 is 0 Å². The molecule has 1 N–H and O–H groups in total. The third-order valence-electron chi connectivity index (χ3n) is 4.44. The summed E-state index contributed by atoms with van der Waals surface area (Å²) in [6.45, 7) is 4.37. The summed E-state index contributed by atoms with van der Waals surface area (Å²) in [6.07, 6.45) is 1.56. The zero-order chi connectivity index (χ0) is 17.6. The van der Waals surface area contributed by atoms with E-state index in [0.717, 1.165) is 43.7 Å². The van der Waals surface area contributed by atoms with Gasteiger partial charge in [-0.1, -0.05) is 0 Å². The lowest BCUT2D eigenvalue weighted by Crippen LogP contribution is -2.52. The number of rotatable bonds is 4. The maximum atomic E-state index is 5.22. The second-order valence-corrected chi connectivity index (χ2v) is 5.87. The van der Waals surface area contributed by atoms with Gasteiger partial charge in [-0.05, 0) is 24.3 Å². The molecule has 8 nitrogen and oxygen atoms in total. The molecule has 2 aromatic rings. The van der Waals surface area contributed by atoms with Crippen LogP contribution in [0, 0.1) is 0 Å². The van der Waals surface area contributed by atoms with E-state index in [-0.39, 0.29) is 0 Å². The van der Waals surface area contributed by atoms with Crippen molar-refractivity contribution in [3.05, 3.63) is 36.4 Å². The first-order chi connectivity index (χ1) is 12.2. The summed E-state index contributed by atoms with van der Waals surface area (Å²) >= 11 is 0. The third-order valence-corrected chi connectivity index (χ3v) is 4.44. The number of hydrogen-bond donors (Lipinski definition) is 1. The Hall–Kier alpha value is -2.77. The predicted molar refractivity (Wildman–Crippen MR) is 98.0 cm³/mol. The number of aromatic nitrogens is 3. The van der Waals surface area contributed by atoms with Gasteiger partial charge in [-0.2, -0.15) is 5.10 Å². The quantitative estimate of drug-likeness (QED) is 0.652. The van der Waals surface area contributed by atoms with Gasteiger partial charge in [0.2, 0.25) is 0 Å². The normalized spacial score (nSPS) is 15.4. The molecule has 1 aromatic carbocycles. The molecule has 2 heterocycles. The van der Waals surface area contributed by atoms with Crippen LogP contribution in [0.2, 0.25) is 0 Å². The zero-order valence-corrected chi connectivity index (χ0v) is 15.0. The molecule has 0 unspecified atom stereocenters. The van der Waals surface area contributed by atoms with Crippen LogP contribution >= 0.6 is 0 Å². The van der Waals surface area contributed by atoms with Gasteiger partial charge in [0.05, 0.1) is 13.7 Å². The Morgan fingerprint density at radius 3 is 2.48 bits per heavy atom. The number of anilines is 1. The third kappa shape index (κ3) is 4.01. The number of benzene rings is 1. The highest BCUT2D eigenvalue weighted by atomic mass is 16.5. The van der Waals surface area contributed by atoms with E-state index in [1.807, 2.05) is 26.2 Å². The van der Waals surface area contributed by atoms with E-state index in [1.165, 1.54) is 5.69 Å². The Balaban J connectivity index is 1.54. The first-order valence-electron chi connectivity index (χ1n) is 8.38. The number of hydrogen-bond acceptors (Lipinski definition) is 5. The van der Waals surface area contributed by atoms with Crippen LogP contribution in [-0.2, 0) is 13.6 Å². The van der Waals surface area contributed by atoms with Gasteiger partial charge in [0, 0.05) is 46.0 Å². The highest BCUT2D eigenvalue weighted by Gasteiger charge is 2.20. The lowest BCUT2D eigenvalue weighted by Gasteiger charge is -2.37. The number of piperazine rings is 1. The van der Waals surface area contributed by atoms with Crippen molar-refractivity contribution in [1.29, 1.82) is 0 Å². The Bertz CT molecular complexity index is 702. The van der Waals surface area contributed by atoms with E-state index >= 15 is 0 Å². The summed E-state index contributed by atoms with van der Waals surface area (Å²) < 4.78 is 6.99. The minimum atomic E-state index is 0.613. The van der Waals surface area contributed by atoms with Crippen molar-refractivity contribution in [2.45, 2.75) is 6.54 Å². The number of guanidine groups is 1. The number of ether oxygens (including phenoxy) is 1. The fourth-order valence-electron chi connectivity index (χ4n) is 2.94. The van der Waals surface area contributed by atoms with Crippen molar-refractivity contribution in [1.82, 2.24) is 25.0 Å². The van der Waals surface area contributed by atoms with Crippen molar-refractivity contribution >= 4 is 11.6 Å². The Labute approximate surface area is 148 Å². The van der Waals surface area contributed by atoms with E-state index in [2.05, 4.69) is 42.3 Å². The lowest BCUT2D eigenvalue weighted by molar-refractivity contribution is 0.371. The average molecular weight is 343 g/mol. The average Bonchev–Trinajstić information content (AvgIpc) is 3.08. The molecule has 0 amide bonds. The van der Waals surface area contributed by atoms with E-state index in [4.69, 9.17) is 4.74 Å². The predicted octanol–water partition coefficient (Wildman–Crippen LogP) is 0.721. The smallest absolute Gasteiger partial charge is 0.194 e. The number of aryl methyl sites for hydroxylation is 1.